The van der Waals surface area contributed by atoms with E-state index in [2.05, 4.69) is 24.1 Å². The SMILES string of the molecule is CC(C)(CCCNc1ccccn1)C1OCCO1. The molecule has 4 heteroatoms. The zero-order valence-electron chi connectivity index (χ0n) is 11.2. The Labute approximate surface area is 109 Å². The first-order valence-corrected chi connectivity index (χ1v) is 6.57. The summed E-state index contributed by atoms with van der Waals surface area (Å²) in [6, 6.07) is 5.89. The van der Waals surface area contributed by atoms with Gasteiger partial charge in [0, 0.05) is 18.2 Å². The van der Waals surface area contributed by atoms with Crippen molar-refractivity contribution in [1.82, 2.24) is 4.98 Å². The van der Waals surface area contributed by atoms with Crippen molar-refractivity contribution in [3.05, 3.63) is 24.4 Å². The average Bonchev–Trinajstić information content (AvgIpc) is 2.91. The lowest BCUT2D eigenvalue weighted by molar-refractivity contribution is -0.122. The molecule has 0 bridgehead atoms. The van der Waals surface area contributed by atoms with E-state index in [1.807, 2.05) is 18.2 Å². The smallest absolute Gasteiger partial charge is 0.162 e. The van der Waals surface area contributed by atoms with Gasteiger partial charge in [0.2, 0.25) is 0 Å². The van der Waals surface area contributed by atoms with Gasteiger partial charge >= 0.3 is 0 Å². The summed E-state index contributed by atoms with van der Waals surface area (Å²) in [6.07, 6.45) is 3.89. The molecule has 4 nitrogen and oxygen atoms in total. The van der Waals surface area contributed by atoms with E-state index in [0.717, 1.165) is 38.4 Å². The number of ether oxygens (including phenoxy) is 2. The first-order valence-electron chi connectivity index (χ1n) is 6.57. The summed E-state index contributed by atoms with van der Waals surface area (Å²) < 4.78 is 11.2. The molecular weight excluding hydrogens is 228 g/mol. The van der Waals surface area contributed by atoms with Crippen LogP contribution in [0.4, 0.5) is 5.82 Å². The van der Waals surface area contributed by atoms with E-state index in [0.29, 0.717) is 0 Å². The van der Waals surface area contributed by atoms with Gasteiger partial charge in [-0.1, -0.05) is 19.9 Å². The lowest BCUT2D eigenvalue weighted by Gasteiger charge is -2.29. The Hall–Kier alpha value is -1.13. The van der Waals surface area contributed by atoms with E-state index in [9.17, 15) is 0 Å². The highest BCUT2D eigenvalue weighted by Crippen LogP contribution is 2.31. The van der Waals surface area contributed by atoms with Crippen molar-refractivity contribution >= 4 is 5.82 Å². The van der Waals surface area contributed by atoms with Crippen molar-refractivity contribution < 1.29 is 9.47 Å². The molecule has 1 fully saturated rings. The standard InChI is InChI=1S/C14H22N2O2/c1-14(2,13-17-10-11-18-13)7-5-9-16-12-6-3-4-8-15-12/h3-4,6,8,13H,5,7,9-11H2,1-2H3,(H,15,16). The molecule has 0 radical (unpaired) electrons. The van der Waals surface area contributed by atoms with Crippen molar-refractivity contribution in [2.75, 3.05) is 25.1 Å². The minimum Gasteiger partial charge on any atom is -0.370 e. The zero-order valence-corrected chi connectivity index (χ0v) is 11.2. The van der Waals surface area contributed by atoms with Crippen molar-refractivity contribution in [3.8, 4) is 0 Å². The van der Waals surface area contributed by atoms with Crippen molar-refractivity contribution in [2.45, 2.75) is 33.0 Å². The minimum atomic E-state index is -0.0487. The van der Waals surface area contributed by atoms with E-state index in [-0.39, 0.29) is 11.7 Å². The van der Waals surface area contributed by atoms with Crippen LogP contribution in [0, 0.1) is 5.41 Å². The maximum absolute atomic E-state index is 5.58. The molecule has 1 aromatic heterocycles. The second-order valence-corrected chi connectivity index (χ2v) is 5.31. The van der Waals surface area contributed by atoms with Gasteiger partial charge in [0.1, 0.15) is 5.82 Å². The number of rotatable bonds is 6. The van der Waals surface area contributed by atoms with Gasteiger partial charge in [-0.3, -0.25) is 0 Å². The zero-order chi connectivity index (χ0) is 12.8. The van der Waals surface area contributed by atoms with E-state index in [4.69, 9.17) is 9.47 Å². The molecule has 1 N–H and O–H groups in total. The number of nitrogens with zero attached hydrogens (tertiary/aromatic N) is 1. The van der Waals surface area contributed by atoms with E-state index in [1.165, 1.54) is 0 Å². The Morgan fingerprint density at radius 2 is 2.11 bits per heavy atom. The van der Waals surface area contributed by atoms with Gasteiger partial charge in [0.05, 0.1) is 13.2 Å². The van der Waals surface area contributed by atoms with Crippen LogP contribution in [0.3, 0.4) is 0 Å². The Balaban J connectivity index is 1.68. The summed E-state index contributed by atoms with van der Waals surface area (Å²) >= 11 is 0. The molecular formula is C14H22N2O2. The fourth-order valence-electron chi connectivity index (χ4n) is 2.16. The van der Waals surface area contributed by atoms with Gasteiger partial charge in [-0.2, -0.15) is 0 Å². The number of aromatic nitrogens is 1. The van der Waals surface area contributed by atoms with E-state index >= 15 is 0 Å². The second kappa shape index (κ2) is 6.16. The van der Waals surface area contributed by atoms with Gasteiger partial charge < -0.3 is 14.8 Å². The Morgan fingerprint density at radius 1 is 1.33 bits per heavy atom. The summed E-state index contributed by atoms with van der Waals surface area (Å²) in [6.45, 7) is 6.77. The van der Waals surface area contributed by atoms with Crippen LogP contribution in [-0.2, 0) is 9.47 Å². The van der Waals surface area contributed by atoms with Crippen LogP contribution in [0.2, 0.25) is 0 Å². The van der Waals surface area contributed by atoms with Gasteiger partial charge in [-0.15, -0.1) is 0 Å². The Kier molecular flexibility index (Phi) is 4.55. The normalized spacial score (nSPS) is 17.0. The monoisotopic (exact) mass is 250 g/mol. The molecule has 1 aliphatic heterocycles. The summed E-state index contributed by atoms with van der Waals surface area (Å²) in [5.41, 5.74) is 0.0717. The highest BCUT2D eigenvalue weighted by Gasteiger charge is 2.33. The predicted molar refractivity (Wildman–Crippen MR) is 71.4 cm³/mol. The van der Waals surface area contributed by atoms with Crippen LogP contribution >= 0.6 is 0 Å². The molecule has 100 valence electrons. The van der Waals surface area contributed by atoms with Crippen LogP contribution in [0.1, 0.15) is 26.7 Å². The lowest BCUT2D eigenvalue weighted by atomic mass is 9.87. The van der Waals surface area contributed by atoms with Crippen LogP contribution in [-0.4, -0.2) is 31.0 Å². The third-order valence-electron chi connectivity index (χ3n) is 3.23. The number of nitrogens with one attached hydrogen (secondary N) is 1. The summed E-state index contributed by atoms with van der Waals surface area (Å²) in [4.78, 5) is 4.23. The predicted octanol–water partition coefficient (Wildman–Crippen LogP) is 2.67. The van der Waals surface area contributed by atoms with Gasteiger partial charge in [-0.25, -0.2) is 4.98 Å². The number of pyridine rings is 1. The van der Waals surface area contributed by atoms with Crippen LogP contribution < -0.4 is 5.32 Å². The van der Waals surface area contributed by atoms with Gasteiger partial charge in [-0.05, 0) is 25.0 Å². The number of hydrogen-bond acceptors (Lipinski definition) is 4. The summed E-state index contributed by atoms with van der Waals surface area (Å²) in [7, 11) is 0. The molecule has 1 saturated heterocycles. The summed E-state index contributed by atoms with van der Waals surface area (Å²) in [5, 5.41) is 3.32. The maximum Gasteiger partial charge on any atom is 0.162 e. The molecule has 1 aromatic rings. The molecule has 1 aliphatic rings. The van der Waals surface area contributed by atoms with Gasteiger partial charge in [0.15, 0.2) is 6.29 Å². The highest BCUT2D eigenvalue weighted by atomic mass is 16.7. The lowest BCUT2D eigenvalue weighted by Crippen LogP contribution is -2.30. The van der Waals surface area contributed by atoms with Gasteiger partial charge in [0.25, 0.3) is 0 Å². The van der Waals surface area contributed by atoms with Crippen LogP contribution in [0.25, 0.3) is 0 Å². The van der Waals surface area contributed by atoms with Crippen molar-refractivity contribution in [2.24, 2.45) is 5.41 Å². The third kappa shape index (κ3) is 3.68. The largest absolute Gasteiger partial charge is 0.370 e. The molecule has 0 aliphatic carbocycles. The molecule has 0 aromatic carbocycles. The molecule has 0 amide bonds. The first-order chi connectivity index (χ1) is 8.68. The molecule has 18 heavy (non-hydrogen) atoms. The van der Waals surface area contributed by atoms with E-state index < -0.39 is 0 Å². The number of hydrogen-bond donors (Lipinski definition) is 1. The topological polar surface area (TPSA) is 43.4 Å². The molecule has 2 rings (SSSR count). The third-order valence-corrected chi connectivity index (χ3v) is 3.23. The Morgan fingerprint density at radius 3 is 2.78 bits per heavy atom. The Bertz CT molecular complexity index is 348. The summed E-state index contributed by atoms with van der Waals surface area (Å²) in [5.74, 6) is 0.934. The highest BCUT2D eigenvalue weighted by molar-refractivity contribution is 5.32. The average molecular weight is 250 g/mol. The second-order valence-electron chi connectivity index (χ2n) is 5.31. The maximum atomic E-state index is 5.58. The molecule has 0 atom stereocenters. The molecule has 2 heterocycles. The molecule has 0 spiro atoms. The fourth-order valence-corrected chi connectivity index (χ4v) is 2.16. The number of anilines is 1. The fraction of sp³-hybridized carbons (Fsp3) is 0.643. The van der Waals surface area contributed by atoms with E-state index in [1.54, 1.807) is 6.20 Å². The molecule has 0 saturated carbocycles. The first kappa shape index (κ1) is 13.3. The van der Waals surface area contributed by atoms with Crippen LogP contribution in [0.5, 0.6) is 0 Å². The molecule has 0 unspecified atom stereocenters. The minimum absolute atomic E-state index is 0.0487. The van der Waals surface area contributed by atoms with Crippen LogP contribution in [0.15, 0.2) is 24.4 Å². The quantitative estimate of drug-likeness (QED) is 0.788. The van der Waals surface area contributed by atoms with Crippen molar-refractivity contribution in [1.29, 1.82) is 0 Å². The van der Waals surface area contributed by atoms with Crippen molar-refractivity contribution in [3.63, 3.8) is 0 Å².